The van der Waals surface area contributed by atoms with Gasteiger partial charge in [-0.2, -0.15) is 5.26 Å². The Balaban J connectivity index is 2.28. The minimum Gasteiger partial charge on any atom is -0.506 e. The molecule has 0 aliphatic rings. The molecule has 0 aliphatic carbocycles. The van der Waals surface area contributed by atoms with Crippen LogP contribution in [0.2, 0.25) is 5.02 Å². The predicted molar refractivity (Wildman–Crippen MR) is 72.2 cm³/mol. The molecule has 0 saturated heterocycles. The highest BCUT2D eigenvalue weighted by atomic mass is 35.5. The third kappa shape index (κ3) is 2.87. The maximum atomic E-state index is 13.0. The minimum absolute atomic E-state index is 0.0169. The molecule has 0 bridgehead atoms. The summed E-state index contributed by atoms with van der Waals surface area (Å²) in [5.41, 5.74) is 0.423. The number of halogens is 2. The maximum absolute atomic E-state index is 13.0. The van der Waals surface area contributed by atoms with Crippen LogP contribution < -0.4 is 5.32 Å². The molecule has 1 amide bonds. The fourth-order valence-electron chi connectivity index (χ4n) is 1.56. The van der Waals surface area contributed by atoms with E-state index in [0.717, 1.165) is 12.1 Å². The topological polar surface area (TPSA) is 73.1 Å². The van der Waals surface area contributed by atoms with Crippen LogP contribution in [0, 0.1) is 17.1 Å². The lowest BCUT2D eigenvalue weighted by molar-refractivity contribution is 0.102. The van der Waals surface area contributed by atoms with Crippen LogP contribution in [0.25, 0.3) is 0 Å². The number of phenols is 1. The summed E-state index contributed by atoms with van der Waals surface area (Å²) in [5.74, 6) is -1.22. The Hall–Kier alpha value is -2.58. The van der Waals surface area contributed by atoms with Gasteiger partial charge in [-0.05, 0) is 36.4 Å². The molecule has 0 radical (unpaired) electrons. The van der Waals surface area contributed by atoms with Crippen LogP contribution in [0.1, 0.15) is 15.9 Å². The molecule has 0 atom stereocenters. The Kier molecular flexibility index (Phi) is 3.87. The number of carbonyl (C=O) groups is 1. The van der Waals surface area contributed by atoms with Gasteiger partial charge < -0.3 is 10.4 Å². The number of anilines is 1. The normalized spacial score (nSPS) is 9.85. The van der Waals surface area contributed by atoms with Crippen molar-refractivity contribution in [3.63, 3.8) is 0 Å². The molecular formula is C14H8ClFN2O2. The molecule has 0 spiro atoms. The Morgan fingerprint density at radius 2 is 2.05 bits per heavy atom. The van der Waals surface area contributed by atoms with E-state index in [2.05, 4.69) is 5.32 Å². The summed E-state index contributed by atoms with van der Waals surface area (Å²) in [6, 6.07) is 9.22. The fourth-order valence-corrected chi connectivity index (χ4v) is 1.74. The Labute approximate surface area is 119 Å². The first kappa shape index (κ1) is 13.8. The maximum Gasteiger partial charge on any atom is 0.255 e. The average Bonchev–Trinajstić information content (AvgIpc) is 2.43. The van der Waals surface area contributed by atoms with Crippen molar-refractivity contribution in [2.75, 3.05) is 5.32 Å². The second kappa shape index (κ2) is 5.59. The quantitative estimate of drug-likeness (QED) is 0.891. The first-order chi connectivity index (χ1) is 9.51. The van der Waals surface area contributed by atoms with Gasteiger partial charge >= 0.3 is 0 Å². The summed E-state index contributed by atoms with van der Waals surface area (Å²) < 4.78 is 13.0. The van der Waals surface area contributed by atoms with E-state index in [-0.39, 0.29) is 27.6 Å². The highest BCUT2D eigenvalue weighted by molar-refractivity contribution is 6.32. The fraction of sp³-hybridized carbons (Fsp3) is 0. The van der Waals surface area contributed by atoms with Crippen LogP contribution in [0.5, 0.6) is 5.75 Å². The highest BCUT2D eigenvalue weighted by Crippen LogP contribution is 2.24. The molecule has 2 N–H and O–H groups in total. The van der Waals surface area contributed by atoms with Crippen molar-refractivity contribution in [1.82, 2.24) is 0 Å². The molecule has 100 valence electrons. The van der Waals surface area contributed by atoms with Crippen molar-refractivity contribution in [3.8, 4) is 11.8 Å². The van der Waals surface area contributed by atoms with Gasteiger partial charge in [0.25, 0.3) is 5.91 Å². The van der Waals surface area contributed by atoms with Gasteiger partial charge in [0.2, 0.25) is 0 Å². The van der Waals surface area contributed by atoms with Gasteiger partial charge in [-0.1, -0.05) is 11.6 Å². The molecule has 0 saturated carbocycles. The van der Waals surface area contributed by atoms with Gasteiger partial charge in [-0.3, -0.25) is 4.79 Å². The largest absolute Gasteiger partial charge is 0.506 e. The first-order valence-electron chi connectivity index (χ1n) is 5.51. The molecule has 6 heteroatoms. The van der Waals surface area contributed by atoms with Crippen LogP contribution in [0.3, 0.4) is 0 Å². The summed E-state index contributed by atoms with van der Waals surface area (Å²) in [4.78, 5) is 12.0. The molecule has 2 aromatic carbocycles. The number of rotatable bonds is 2. The predicted octanol–water partition coefficient (Wildman–Crippen LogP) is 3.31. The van der Waals surface area contributed by atoms with E-state index < -0.39 is 11.7 Å². The number of benzene rings is 2. The third-order valence-corrected chi connectivity index (χ3v) is 2.86. The van der Waals surface area contributed by atoms with Crippen molar-refractivity contribution < 1.29 is 14.3 Å². The van der Waals surface area contributed by atoms with Crippen LogP contribution in [0.4, 0.5) is 10.1 Å². The molecule has 0 aliphatic heterocycles. The van der Waals surface area contributed by atoms with E-state index in [0.29, 0.717) is 0 Å². The lowest BCUT2D eigenvalue weighted by atomic mass is 10.1. The SMILES string of the molecule is N#Cc1cc(F)ccc1NC(=O)c1ccc(O)c(Cl)c1. The van der Waals surface area contributed by atoms with Crippen LogP contribution >= 0.6 is 11.6 Å². The van der Waals surface area contributed by atoms with Crippen molar-refractivity contribution >= 4 is 23.2 Å². The minimum atomic E-state index is -0.563. The van der Waals surface area contributed by atoms with Gasteiger partial charge in [-0.15, -0.1) is 0 Å². The van der Waals surface area contributed by atoms with Gasteiger partial charge in [0.1, 0.15) is 17.6 Å². The zero-order valence-corrected chi connectivity index (χ0v) is 10.8. The molecule has 4 nitrogen and oxygen atoms in total. The summed E-state index contributed by atoms with van der Waals surface area (Å²) in [6.45, 7) is 0. The number of hydrogen-bond acceptors (Lipinski definition) is 3. The smallest absolute Gasteiger partial charge is 0.255 e. The van der Waals surface area contributed by atoms with Crippen molar-refractivity contribution in [2.24, 2.45) is 0 Å². The third-order valence-electron chi connectivity index (χ3n) is 2.56. The lowest BCUT2D eigenvalue weighted by Gasteiger charge is -2.07. The van der Waals surface area contributed by atoms with E-state index in [1.165, 1.54) is 24.3 Å². The van der Waals surface area contributed by atoms with Gasteiger partial charge in [0.15, 0.2) is 0 Å². The van der Waals surface area contributed by atoms with E-state index in [1.54, 1.807) is 6.07 Å². The standard InChI is InChI=1S/C14H8ClFN2O2/c15-11-6-8(1-4-13(11)19)14(20)18-12-3-2-10(16)5-9(12)7-17/h1-6,19H,(H,18,20). The molecule has 0 fully saturated rings. The van der Waals surface area contributed by atoms with E-state index in [4.69, 9.17) is 16.9 Å². The zero-order valence-electron chi connectivity index (χ0n) is 10.0. The van der Waals surface area contributed by atoms with Crippen molar-refractivity contribution in [3.05, 3.63) is 58.4 Å². The number of amides is 1. The second-order valence-electron chi connectivity index (χ2n) is 3.92. The molecule has 20 heavy (non-hydrogen) atoms. The van der Waals surface area contributed by atoms with Crippen LogP contribution in [0.15, 0.2) is 36.4 Å². The number of nitriles is 1. The molecule has 2 rings (SSSR count). The highest BCUT2D eigenvalue weighted by Gasteiger charge is 2.11. The summed E-state index contributed by atoms with van der Waals surface area (Å²) in [6.07, 6.45) is 0. The van der Waals surface area contributed by atoms with E-state index in [9.17, 15) is 14.3 Å². The number of phenolic OH excluding ortho intramolecular Hbond substituents is 1. The molecular weight excluding hydrogens is 283 g/mol. The van der Waals surface area contributed by atoms with Crippen molar-refractivity contribution in [2.45, 2.75) is 0 Å². The first-order valence-corrected chi connectivity index (χ1v) is 5.88. The van der Waals surface area contributed by atoms with E-state index >= 15 is 0 Å². The van der Waals surface area contributed by atoms with E-state index in [1.807, 2.05) is 0 Å². The Bertz CT molecular complexity index is 726. The Morgan fingerprint density at radius 3 is 2.70 bits per heavy atom. The van der Waals surface area contributed by atoms with Gasteiger partial charge in [-0.25, -0.2) is 4.39 Å². The average molecular weight is 291 g/mol. The van der Waals surface area contributed by atoms with Crippen LogP contribution in [-0.2, 0) is 0 Å². The molecule has 0 aromatic heterocycles. The molecule has 0 unspecified atom stereocenters. The second-order valence-corrected chi connectivity index (χ2v) is 4.33. The summed E-state index contributed by atoms with van der Waals surface area (Å²) in [5, 5.41) is 20.7. The number of carbonyl (C=O) groups excluding carboxylic acids is 1. The Morgan fingerprint density at radius 1 is 1.30 bits per heavy atom. The molecule has 0 heterocycles. The number of hydrogen-bond donors (Lipinski definition) is 2. The summed E-state index contributed by atoms with van der Waals surface area (Å²) in [7, 11) is 0. The monoisotopic (exact) mass is 290 g/mol. The number of nitrogens with zero attached hydrogens (tertiary/aromatic N) is 1. The molecule has 2 aromatic rings. The van der Waals surface area contributed by atoms with Gasteiger partial charge in [0.05, 0.1) is 16.3 Å². The van der Waals surface area contributed by atoms with Crippen molar-refractivity contribution in [1.29, 1.82) is 5.26 Å². The zero-order chi connectivity index (χ0) is 14.7. The number of aromatic hydroxyl groups is 1. The number of nitrogens with one attached hydrogen (secondary N) is 1. The summed E-state index contributed by atoms with van der Waals surface area (Å²) >= 11 is 5.71. The van der Waals surface area contributed by atoms with Gasteiger partial charge in [0, 0.05) is 5.56 Å². The van der Waals surface area contributed by atoms with Crippen LogP contribution in [-0.4, -0.2) is 11.0 Å². The lowest BCUT2D eigenvalue weighted by Crippen LogP contribution is -2.12.